The number of carboxylic acids is 1. The number of rotatable bonds is 7. The fourth-order valence-electron chi connectivity index (χ4n) is 6.57. The number of nitriles is 1. The molecule has 0 spiro atoms. The maximum atomic E-state index is 13.8. The van der Waals surface area contributed by atoms with Gasteiger partial charge in [-0.05, 0) is 44.1 Å². The highest BCUT2D eigenvalue weighted by atomic mass is 16.4. The van der Waals surface area contributed by atoms with Gasteiger partial charge in [0.25, 0.3) is 0 Å². The van der Waals surface area contributed by atoms with E-state index in [4.69, 9.17) is 5.73 Å². The first kappa shape index (κ1) is 27.2. The van der Waals surface area contributed by atoms with Crippen LogP contribution < -0.4 is 11.1 Å². The summed E-state index contributed by atoms with van der Waals surface area (Å²) < 4.78 is 1.53. The molecule has 0 radical (unpaired) electrons. The molecule has 1 aromatic carbocycles. The summed E-state index contributed by atoms with van der Waals surface area (Å²) >= 11 is 0. The van der Waals surface area contributed by atoms with Gasteiger partial charge in [0.1, 0.15) is 11.7 Å². The van der Waals surface area contributed by atoms with E-state index in [-0.39, 0.29) is 29.5 Å². The molecule has 2 aliphatic rings. The first-order valence-electron chi connectivity index (χ1n) is 13.2. The van der Waals surface area contributed by atoms with Crippen molar-refractivity contribution in [2.75, 3.05) is 13.1 Å². The molecule has 1 saturated carbocycles. The molecule has 1 aliphatic heterocycles. The van der Waals surface area contributed by atoms with Crippen LogP contribution in [0.2, 0.25) is 0 Å². The van der Waals surface area contributed by atoms with E-state index < -0.39 is 35.2 Å². The molecular weight excluding hydrogens is 486 g/mol. The van der Waals surface area contributed by atoms with Crippen LogP contribution in [-0.2, 0) is 26.8 Å². The fourth-order valence-corrected chi connectivity index (χ4v) is 6.57. The molecule has 1 aromatic heterocycles. The standard InChI is InChI=1S/C28H35N5O5/c1-17(34)33-13-10-18(11-14-33)15-19(16-29)31-25(35)21-8-5-6-12-28(21,27(30)38)23-20-7-3-4-9-22(20)32(2)24(23)26(36)37/h3-4,7,9,18-19,21H,5-6,8,10-15H2,1-2H3,(H2,30,38)(H,31,35)(H,36,37)/t19?,21-,28-/m0/s1. The Kier molecular flexibility index (Phi) is 7.76. The molecule has 2 aromatic rings. The highest BCUT2D eigenvalue weighted by molar-refractivity contribution is 6.06. The number of benzene rings is 1. The molecule has 3 amide bonds. The molecule has 1 unspecified atom stereocenters. The van der Waals surface area contributed by atoms with Crippen molar-refractivity contribution in [2.24, 2.45) is 24.6 Å². The van der Waals surface area contributed by atoms with Crippen LogP contribution in [0.25, 0.3) is 10.9 Å². The Morgan fingerprint density at radius 1 is 1.18 bits per heavy atom. The zero-order chi connectivity index (χ0) is 27.6. The predicted octanol–water partition coefficient (Wildman–Crippen LogP) is 2.45. The Hall–Kier alpha value is -3.87. The average molecular weight is 522 g/mol. The van der Waals surface area contributed by atoms with Gasteiger partial charge in [-0.2, -0.15) is 5.26 Å². The largest absolute Gasteiger partial charge is 0.477 e. The molecule has 38 heavy (non-hydrogen) atoms. The van der Waals surface area contributed by atoms with Gasteiger partial charge in [0.15, 0.2) is 0 Å². The maximum Gasteiger partial charge on any atom is 0.352 e. The molecule has 10 nitrogen and oxygen atoms in total. The first-order valence-corrected chi connectivity index (χ1v) is 13.2. The highest BCUT2D eigenvalue weighted by Crippen LogP contribution is 2.48. The molecule has 10 heteroatoms. The monoisotopic (exact) mass is 521 g/mol. The minimum atomic E-state index is -1.52. The zero-order valence-corrected chi connectivity index (χ0v) is 21.9. The van der Waals surface area contributed by atoms with Gasteiger partial charge in [-0.1, -0.05) is 31.0 Å². The molecule has 0 bridgehead atoms. The summed E-state index contributed by atoms with van der Waals surface area (Å²) in [6.45, 7) is 2.79. The lowest BCUT2D eigenvalue weighted by Crippen LogP contribution is -2.56. The summed E-state index contributed by atoms with van der Waals surface area (Å²) in [7, 11) is 1.63. The van der Waals surface area contributed by atoms with Crippen LogP contribution in [0.15, 0.2) is 24.3 Å². The molecule has 1 saturated heterocycles. The van der Waals surface area contributed by atoms with Crippen LogP contribution >= 0.6 is 0 Å². The summed E-state index contributed by atoms with van der Waals surface area (Å²) in [5.41, 5.74) is 5.40. The Labute approximate surface area is 221 Å². The summed E-state index contributed by atoms with van der Waals surface area (Å²) in [5, 5.41) is 23.5. The second-order valence-corrected chi connectivity index (χ2v) is 10.6. The fraction of sp³-hybridized carbons (Fsp3) is 0.536. The number of likely N-dealkylation sites (tertiary alicyclic amines) is 1. The number of hydrogen-bond donors (Lipinski definition) is 3. The minimum Gasteiger partial charge on any atom is -0.477 e. The summed E-state index contributed by atoms with van der Waals surface area (Å²) in [6.07, 6.45) is 3.84. The molecule has 2 heterocycles. The molecular formula is C28H35N5O5. The Morgan fingerprint density at radius 2 is 1.87 bits per heavy atom. The van der Waals surface area contributed by atoms with E-state index >= 15 is 0 Å². The van der Waals surface area contributed by atoms with Crippen molar-refractivity contribution in [3.8, 4) is 6.07 Å². The quantitative estimate of drug-likeness (QED) is 0.508. The number of amides is 3. The molecule has 3 atom stereocenters. The van der Waals surface area contributed by atoms with E-state index in [1.807, 2.05) is 0 Å². The van der Waals surface area contributed by atoms with E-state index in [9.17, 15) is 29.5 Å². The van der Waals surface area contributed by atoms with Gasteiger partial charge in [0.05, 0.1) is 17.4 Å². The molecule has 202 valence electrons. The number of primary amides is 1. The van der Waals surface area contributed by atoms with Gasteiger partial charge >= 0.3 is 5.97 Å². The third kappa shape index (κ3) is 4.73. The van der Waals surface area contributed by atoms with Gasteiger partial charge in [-0.3, -0.25) is 14.4 Å². The number of aryl methyl sites for hydroxylation is 1. The van der Waals surface area contributed by atoms with Crippen LogP contribution in [0, 0.1) is 23.2 Å². The number of nitrogens with zero attached hydrogens (tertiary/aromatic N) is 3. The second kappa shape index (κ2) is 10.9. The van der Waals surface area contributed by atoms with Crippen molar-refractivity contribution in [2.45, 2.75) is 63.3 Å². The van der Waals surface area contributed by atoms with Crippen molar-refractivity contribution in [1.82, 2.24) is 14.8 Å². The van der Waals surface area contributed by atoms with Crippen molar-refractivity contribution in [3.05, 3.63) is 35.5 Å². The second-order valence-electron chi connectivity index (χ2n) is 10.6. The topological polar surface area (TPSA) is 159 Å². The number of aromatic carboxylic acids is 1. The number of hydrogen-bond acceptors (Lipinski definition) is 5. The Balaban J connectivity index is 1.67. The molecule has 1 aliphatic carbocycles. The van der Waals surface area contributed by atoms with Crippen LogP contribution in [-0.4, -0.2) is 57.4 Å². The number of carboxylic acid groups (broad SMARTS) is 1. The summed E-state index contributed by atoms with van der Waals surface area (Å²) in [4.78, 5) is 53.0. The van der Waals surface area contributed by atoms with E-state index in [1.54, 1.807) is 43.1 Å². The number of nitrogens with one attached hydrogen (secondary N) is 1. The number of nitrogens with two attached hydrogens (primary N) is 1. The molecule has 4 N–H and O–H groups in total. The minimum absolute atomic E-state index is 0.0304. The summed E-state index contributed by atoms with van der Waals surface area (Å²) in [6, 6.07) is 8.52. The maximum absolute atomic E-state index is 13.8. The van der Waals surface area contributed by atoms with Crippen LogP contribution in [0.1, 0.15) is 67.9 Å². The number of fused-ring (bicyclic) bond motifs is 1. The number of aromatic nitrogens is 1. The van der Waals surface area contributed by atoms with Crippen molar-refractivity contribution >= 4 is 34.6 Å². The van der Waals surface area contributed by atoms with Crippen molar-refractivity contribution in [1.29, 1.82) is 5.26 Å². The normalized spacial score (nSPS) is 23.0. The lowest BCUT2D eigenvalue weighted by Gasteiger charge is -2.41. The number of para-hydroxylation sites is 1. The average Bonchev–Trinajstić information content (AvgIpc) is 3.21. The third-order valence-electron chi connectivity index (χ3n) is 8.52. The van der Waals surface area contributed by atoms with Gasteiger partial charge in [-0.25, -0.2) is 4.79 Å². The van der Waals surface area contributed by atoms with Crippen molar-refractivity contribution in [3.63, 3.8) is 0 Å². The Morgan fingerprint density at radius 3 is 2.47 bits per heavy atom. The van der Waals surface area contributed by atoms with Crippen LogP contribution in [0.3, 0.4) is 0 Å². The van der Waals surface area contributed by atoms with Gasteiger partial charge in [-0.15, -0.1) is 0 Å². The van der Waals surface area contributed by atoms with E-state index in [1.165, 1.54) is 4.57 Å². The third-order valence-corrected chi connectivity index (χ3v) is 8.52. The van der Waals surface area contributed by atoms with Crippen LogP contribution in [0.5, 0.6) is 0 Å². The predicted molar refractivity (Wildman–Crippen MR) is 140 cm³/mol. The number of carbonyl (C=O) groups excluding carboxylic acids is 3. The van der Waals surface area contributed by atoms with Crippen molar-refractivity contribution < 1.29 is 24.3 Å². The number of piperidine rings is 1. The van der Waals surface area contributed by atoms with Gasteiger partial charge in [0, 0.05) is 43.5 Å². The van der Waals surface area contributed by atoms with Crippen LogP contribution in [0.4, 0.5) is 0 Å². The number of carbonyl (C=O) groups is 4. The lowest BCUT2D eigenvalue weighted by molar-refractivity contribution is -0.137. The zero-order valence-electron chi connectivity index (χ0n) is 21.9. The van der Waals surface area contributed by atoms with Gasteiger partial charge in [0.2, 0.25) is 17.7 Å². The van der Waals surface area contributed by atoms with Gasteiger partial charge < -0.3 is 25.6 Å². The van der Waals surface area contributed by atoms with E-state index in [0.29, 0.717) is 49.7 Å². The molecule has 4 rings (SSSR count). The Bertz CT molecular complexity index is 1300. The smallest absolute Gasteiger partial charge is 0.352 e. The van der Waals surface area contributed by atoms with E-state index in [0.717, 1.165) is 12.8 Å². The van der Waals surface area contributed by atoms with E-state index in [2.05, 4.69) is 11.4 Å². The highest BCUT2D eigenvalue weighted by Gasteiger charge is 2.54. The summed E-state index contributed by atoms with van der Waals surface area (Å²) in [5.74, 6) is -3.09. The molecule has 2 fully saturated rings. The lowest BCUT2D eigenvalue weighted by atomic mass is 9.60. The first-order chi connectivity index (χ1) is 18.1. The SMILES string of the molecule is CC(=O)N1CCC(CC(C#N)NC(=O)[C@@H]2CCCC[C@@]2(C(N)=O)c2c(C(=O)O)n(C)c3ccccc23)CC1.